The summed E-state index contributed by atoms with van der Waals surface area (Å²) in [5, 5.41) is 11.9. The first kappa shape index (κ1) is 15.8. The molecule has 0 heterocycles. The van der Waals surface area contributed by atoms with Gasteiger partial charge in [0, 0.05) is 18.2 Å². The van der Waals surface area contributed by atoms with Crippen LogP contribution in [0.3, 0.4) is 0 Å². The van der Waals surface area contributed by atoms with Crippen molar-refractivity contribution in [3.63, 3.8) is 0 Å². The van der Waals surface area contributed by atoms with Crippen molar-refractivity contribution in [2.24, 2.45) is 16.8 Å². The fraction of sp³-hybridized carbons (Fsp3) is 0.562. The average molecular weight is 293 g/mol. The summed E-state index contributed by atoms with van der Waals surface area (Å²) < 4.78 is 13.4. The van der Waals surface area contributed by atoms with Gasteiger partial charge in [-0.25, -0.2) is 4.39 Å². The van der Waals surface area contributed by atoms with Crippen molar-refractivity contribution in [3.8, 4) is 0 Å². The molecule has 1 aliphatic rings. The molecular formula is C16H24FN3O. The highest BCUT2D eigenvalue weighted by Crippen LogP contribution is 2.28. The van der Waals surface area contributed by atoms with Crippen molar-refractivity contribution in [3.05, 3.63) is 35.1 Å². The first-order valence-electron chi connectivity index (χ1n) is 7.49. The third-order valence-corrected chi connectivity index (χ3v) is 4.51. The number of halogens is 1. The second kappa shape index (κ2) is 6.89. The summed E-state index contributed by atoms with van der Waals surface area (Å²) in [5.41, 5.74) is 7.01. The average Bonchev–Trinajstić information content (AvgIpc) is 2.48. The van der Waals surface area contributed by atoms with Crippen LogP contribution in [-0.4, -0.2) is 29.0 Å². The molecule has 1 aliphatic carbocycles. The Bertz CT molecular complexity index is 518. The van der Waals surface area contributed by atoms with Gasteiger partial charge in [-0.05, 0) is 43.5 Å². The van der Waals surface area contributed by atoms with Gasteiger partial charge in [0.15, 0.2) is 5.84 Å². The number of nitrogens with two attached hydrogens (primary N) is 1. The molecule has 1 aromatic carbocycles. The van der Waals surface area contributed by atoms with Crippen molar-refractivity contribution >= 4 is 5.84 Å². The Balaban J connectivity index is 2.18. The molecule has 3 N–H and O–H groups in total. The van der Waals surface area contributed by atoms with E-state index in [2.05, 4.69) is 24.0 Å². The molecule has 0 aromatic heterocycles. The molecule has 4 nitrogen and oxygen atoms in total. The predicted molar refractivity (Wildman–Crippen MR) is 81.8 cm³/mol. The van der Waals surface area contributed by atoms with E-state index in [0.29, 0.717) is 24.1 Å². The molecule has 0 saturated heterocycles. The number of amidine groups is 1. The molecule has 1 aromatic rings. The van der Waals surface area contributed by atoms with Crippen LogP contribution < -0.4 is 5.73 Å². The molecule has 5 heteroatoms. The summed E-state index contributed by atoms with van der Waals surface area (Å²) in [5.74, 6) is 0.236. The van der Waals surface area contributed by atoms with Gasteiger partial charge in [-0.3, -0.25) is 4.90 Å². The number of hydrogen-bond donors (Lipinski definition) is 2. The Morgan fingerprint density at radius 2 is 2.14 bits per heavy atom. The lowest BCUT2D eigenvalue weighted by molar-refractivity contribution is 0.133. The Morgan fingerprint density at radius 1 is 1.43 bits per heavy atom. The smallest absolute Gasteiger partial charge is 0.170 e. The Labute approximate surface area is 125 Å². The van der Waals surface area contributed by atoms with E-state index in [4.69, 9.17) is 10.9 Å². The Kier molecular flexibility index (Phi) is 5.17. The fourth-order valence-electron chi connectivity index (χ4n) is 3.32. The van der Waals surface area contributed by atoms with Crippen LogP contribution in [0.15, 0.2) is 23.4 Å². The molecular weight excluding hydrogens is 269 g/mol. The molecule has 1 fully saturated rings. The van der Waals surface area contributed by atoms with E-state index in [0.717, 1.165) is 5.56 Å². The van der Waals surface area contributed by atoms with Gasteiger partial charge < -0.3 is 10.9 Å². The van der Waals surface area contributed by atoms with Gasteiger partial charge in [-0.1, -0.05) is 31.0 Å². The summed E-state index contributed by atoms with van der Waals surface area (Å²) in [6, 6.07) is 4.99. The predicted octanol–water partition coefficient (Wildman–Crippen LogP) is 2.93. The van der Waals surface area contributed by atoms with Crippen molar-refractivity contribution in [2.45, 2.75) is 45.2 Å². The van der Waals surface area contributed by atoms with Gasteiger partial charge in [-0.2, -0.15) is 0 Å². The third kappa shape index (κ3) is 3.73. The second-order valence-corrected chi connectivity index (χ2v) is 6.03. The van der Waals surface area contributed by atoms with Crippen LogP contribution in [0.4, 0.5) is 4.39 Å². The van der Waals surface area contributed by atoms with Crippen LogP contribution in [0.2, 0.25) is 0 Å². The van der Waals surface area contributed by atoms with E-state index in [1.807, 2.05) is 0 Å². The summed E-state index contributed by atoms with van der Waals surface area (Å²) in [6.07, 6.45) is 5.01. The van der Waals surface area contributed by atoms with Gasteiger partial charge in [-0.15, -0.1) is 0 Å². The topological polar surface area (TPSA) is 61.8 Å². The largest absolute Gasteiger partial charge is 0.409 e. The molecule has 21 heavy (non-hydrogen) atoms. The van der Waals surface area contributed by atoms with Crippen LogP contribution in [0.25, 0.3) is 0 Å². The van der Waals surface area contributed by atoms with Gasteiger partial charge in [0.1, 0.15) is 5.82 Å². The zero-order chi connectivity index (χ0) is 15.4. The molecule has 0 radical (unpaired) electrons. The Morgan fingerprint density at radius 3 is 2.81 bits per heavy atom. The molecule has 0 amide bonds. The summed E-state index contributed by atoms with van der Waals surface area (Å²) >= 11 is 0. The lowest BCUT2D eigenvalue weighted by Crippen LogP contribution is -2.38. The van der Waals surface area contributed by atoms with E-state index in [9.17, 15) is 4.39 Å². The van der Waals surface area contributed by atoms with Crippen molar-refractivity contribution in [2.75, 3.05) is 7.05 Å². The van der Waals surface area contributed by atoms with E-state index < -0.39 is 0 Å². The van der Waals surface area contributed by atoms with Crippen LogP contribution in [0.1, 0.15) is 43.7 Å². The maximum atomic E-state index is 13.4. The van der Waals surface area contributed by atoms with Crippen molar-refractivity contribution < 1.29 is 9.60 Å². The van der Waals surface area contributed by atoms with Gasteiger partial charge in [0.2, 0.25) is 0 Å². The van der Waals surface area contributed by atoms with E-state index >= 15 is 0 Å². The quantitative estimate of drug-likeness (QED) is 0.388. The minimum atomic E-state index is -0.381. The summed E-state index contributed by atoms with van der Waals surface area (Å²) in [6.45, 7) is 2.95. The highest BCUT2D eigenvalue weighted by Gasteiger charge is 2.25. The fourth-order valence-corrected chi connectivity index (χ4v) is 3.32. The number of nitrogens with zero attached hydrogens (tertiary/aromatic N) is 2. The van der Waals surface area contributed by atoms with Crippen molar-refractivity contribution in [1.29, 1.82) is 0 Å². The zero-order valence-electron chi connectivity index (χ0n) is 12.7. The number of hydrogen-bond acceptors (Lipinski definition) is 3. The summed E-state index contributed by atoms with van der Waals surface area (Å²) in [7, 11) is 2.09. The third-order valence-electron chi connectivity index (χ3n) is 4.51. The van der Waals surface area contributed by atoms with Crippen LogP contribution in [0.5, 0.6) is 0 Å². The molecule has 0 bridgehead atoms. The molecule has 2 unspecified atom stereocenters. The normalized spacial score (nSPS) is 23.5. The standard InChI is InChI=1S/C16H24FN3O/c1-11-5-3-4-6-15(11)20(2)10-12-7-8-13(17)9-14(12)16(18)19-21/h7-9,11,15,21H,3-6,10H2,1-2H3,(H2,18,19). The van der Waals surface area contributed by atoms with Gasteiger partial charge in [0.05, 0.1) is 0 Å². The first-order valence-corrected chi connectivity index (χ1v) is 7.49. The lowest BCUT2D eigenvalue weighted by atomic mass is 9.85. The van der Waals surface area contributed by atoms with Crippen LogP contribution in [0, 0.1) is 11.7 Å². The number of rotatable bonds is 4. The van der Waals surface area contributed by atoms with E-state index in [1.165, 1.54) is 37.8 Å². The van der Waals surface area contributed by atoms with E-state index in [-0.39, 0.29) is 11.7 Å². The number of benzene rings is 1. The minimum absolute atomic E-state index is 0.0467. The highest BCUT2D eigenvalue weighted by atomic mass is 19.1. The Hall–Kier alpha value is -1.62. The van der Waals surface area contributed by atoms with Crippen molar-refractivity contribution in [1.82, 2.24) is 4.90 Å². The van der Waals surface area contributed by atoms with Crippen LogP contribution in [-0.2, 0) is 6.54 Å². The van der Waals surface area contributed by atoms with E-state index in [1.54, 1.807) is 6.07 Å². The molecule has 2 rings (SSSR count). The first-order chi connectivity index (χ1) is 10.0. The van der Waals surface area contributed by atoms with Gasteiger partial charge in [0.25, 0.3) is 0 Å². The molecule has 1 saturated carbocycles. The molecule has 116 valence electrons. The summed E-state index contributed by atoms with van der Waals surface area (Å²) in [4.78, 5) is 2.30. The molecule has 0 spiro atoms. The molecule has 0 aliphatic heterocycles. The minimum Gasteiger partial charge on any atom is -0.409 e. The zero-order valence-corrected chi connectivity index (χ0v) is 12.7. The monoisotopic (exact) mass is 293 g/mol. The highest BCUT2D eigenvalue weighted by molar-refractivity contribution is 5.98. The van der Waals surface area contributed by atoms with Gasteiger partial charge >= 0.3 is 0 Å². The molecule has 2 atom stereocenters. The lowest BCUT2D eigenvalue weighted by Gasteiger charge is -2.36. The number of oxime groups is 1. The van der Waals surface area contributed by atoms with Crippen LogP contribution >= 0.6 is 0 Å². The maximum absolute atomic E-state index is 13.4. The SMILES string of the molecule is CC1CCCCC1N(C)Cc1ccc(F)cc1C(N)=NO. The maximum Gasteiger partial charge on any atom is 0.170 e. The second-order valence-electron chi connectivity index (χ2n) is 6.03.